The van der Waals surface area contributed by atoms with Crippen LogP contribution < -0.4 is 5.43 Å². The topological polar surface area (TPSA) is 17.1 Å². The van der Waals surface area contributed by atoms with E-state index in [4.69, 9.17) is 0 Å². The van der Waals surface area contributed by atoms with Gasteiger partial charge in [-0.05, 0) is 40.2 Å². The highest BCUT2D eigenvalue weighted by molar-refractivity contribution is 7.24. The highest BCUT2D eigenvalue weighted by Gasteiger charge is 2.24. The fourth-order valence-electron chi connectivity index (χ4n) is 2.90. The molecule has 0 unspecified atom stereocenters. The van der Waals surface area contributed by atoms with Gasteiger partial charge in [0.05, 0.1) is 0 Å². The minimum absolute atomic E-state index is 0.00487. The molecule has 1 aromatic heterocycles. The molecule has 0 aliphatic rings. The Kier molecular flexibility index (Phi) is 3.64. The Morgan fingerprint density at radius 3 is 2.09 bits per heavy atom. The summed E-state index contributed by atoms with van der Waals surface area (Å²) in [5, 5.41) is 1.70. The summed E-state index contributed by atoms with van der Waals surface area (Å²) >= 11 is 1.74. The molecule has 1 nitrogen and oxygen atoms in total. The molecule has 0 saturated heterocycles. The molecule has 0 radical (unpaired) electrons. The molecular weight excluding hydrogens is 300 g/mol. The van der Waals surface area contributed by atoms with E-state index in [9.17, 15) is 4.79 Å². The van der Waals surface area contributed by atoms with Crippen molar-refractivity contribution in [2.75, 3.05) is 0 Å². The lowest BCUT2D eigenvalue weighted by Crippen LogP contribution is -2.18. The third-order valence-electron chi connectivity index (χ3n) is 4.35. The fourth-order valence-corrected chi connectivity index (χ4v) is 4.27. The molecule has 23 heavy (non-hydrogen) atoms. The van der Waals surface area contributed by atoms with E-state index >= 15 is 0 Å². The maximum atomic E-state index is 13.1. The SMILES string of the molecule is CC(C)(C)c1cc(C(C)(C)C)c2sc3ccccc3c(=O)c2c1. The van der Waals surface area contributed by atoms with Crippen molar-refractivity contribution in [2.24, 2.45) is 0 Å². The number of fused-ring (bicyclic) bond motifs is 2. The predicted octanol–water partition coefficient (Wildman–Crippen LogP) is 6.01. The lowest BCUT2D eigenvalue weighted by atomic mass is 9.80. The zero-order valence-electron chi connectivity index (χ0n) is 14.8. The summed E-state index contributed by atoms with van der Waals surface area (Å²) in [5.74, 6) is 0. The number of hydrogen-bond acceptors (Lipinski definition) is 2. The molecule has 0 atom stereocenters. The summed E-state index contributed by atoms with van der Waals surface area (Å²) in [4.78, 5) is 13.1. The van der Waals surface area contributed by atoms with Gasteiger partial charge in [0, 0.05) is 20.2 Å². The highest BCUT2D eigenvalue weighted by Crippen LogP contribution is 2.37. The van der Waals surface area contributed by atoms with Crippen molar-refractivity contribution in [1.82, 2.24) is 0 Å². The Morgan fingerprint density at radius 1 is 0.826 bits per heavy atom. The largest absolute Gasteiger partial charge is 0.289 e. The van der Waals surface area contributed by atoms with Gasteiger partial charge in [0.2, 0.25) is 0 Å². The number of rotatable bonds is 0. The minimum Gasteiger partial charge on any atom is -0.289 e. The summed E-state index contributed by atoms with van der Waals surface area (Å²) in [5.41, 5.74) is 2.69. The molecule has 0 spiro atoms. The quantitative estimate of drug-likeness (QED) is 0.463. The molecule has 1 heterocycles. The van der Waals surface area contributed by atoms with Gasteiger partial charge in [-0.3, -0.25) is 4.79 Å². The lowest BCUT2D eigenvalue weighted by molar-refractivity contribution is 0.573. The maximum absolute atomic E-state index is 13.1. The average molecular weight is 324 g/mol. The molecule has 3 aromatic rings. The van der Waals surface area contributed by atoms with Crippen LogP contribution in [-0.4, -0.2) is 0 Å². The van der Waals surface area contributed by atoms with E-state index in [0.29, 0.717) is 0 Å². The molecule has 2 aromatic carbocycles. The second-order valence-corrected chi connectivity index (χ2v) is 9.38. The Labute approximate surface area is 142 Å². The van der Waals surface area contributed by atoms with Gasteiger partial charge in [-0.25, -0.2) is 0 Å². The van der Waals surface area contributed by atoms with Crippen molar-refractivity contribution < 1.29 is 0 Å². The number of hydrogen-bond donors (Lipinski definition) is 0. The van der Waals surface area contributed by atoms with Gasteiger partial charge in [-0.15, -0.1) is 11.3 Å². The van der Waals surface area contributed by atoms with E-state index in [2.05, 4.69) is 53.7 Å². The van der Waals surface area contributed by atoms with Gasteiger partial charge in [-0.1, -0.05) is 59.7 Å². The molecule has 0 amide bonds. The van der Waals surface area contributed by atoms with Crippen molar-refractivity contribution in [3.63, 3.8) is 0 Å². The van der Waals surface area contributed by atoms with Crippen LogP contribution >= 0.6 is 11.3 Å². The molecule has 0 fully saturated rings. The van der Waals surface area contributed by atoms with E-state index < -0.39 is 0 Å². The number of benzene rings is 2. The van der Waals surface area contributed by atoms with Crippen molar-refractivity contribution in [1.29, 1.82) is 0 Å². The van der Waals surface area contributed by atoms with Gasteiger partial charge in [0.25, 0.3) is 0 Å². The van der Waals surface area contributed by atoms with Crippen molar-refractivity contribution in [3.8, 4) is 0 Å². The fraction of sp³-hybridized carbons (Fsp3) is 0.381. The normalized spacial score (nSPS) is 13.0. The summed E-state index contributed by atoms with van der Waals surface area (Å²) in [6.45, 7) is 13.3. The molecule has 0 bridgehead atoms. The Balaban J connectivity index is 2.55. The third-order valence-corrected chi connectivity index (χ3v) is 5.57. The first kappa shape index (κ1) is 16.2. The van der Waals surface area contributed by atoms with Gasteiger partial charge in [0.15, 0.2) is 5.43 Å². The molecule has 0 saturated carbocycles. The highest BCUT2D eigenvalue weighted by atomic mass is 32.1. The van der Waals surface area contributed by atoms with Crippen LogP contribution in [0.3, 0.4) is 0 Å². The average Bonchev–Trinajstić information content (AvgIpc) is 2.44. The predicted molar refractivity (Wildman–Crippen MR) is 103 cm³/mol. The van der Waals surface area contributed by atoms with Gasteiger partial charge in [-0.2, -0.15) is 0 Å². The molecule has 0 aliphatic heterocycles. The van der Waals surface area contributed by atoms with Crippen LogP contribution in [0.2, 0.25) is 0 Å². The van der Waals surface area contributed by atoms with Crippen LogP contribution in [0.15, 0.2) is 41.2 Å². The molecule has 0 N–H and O–H groups in total. The van der Waals surface area contributed by atoms with Crippen LogP contribution in [0.1, 0.15) is 52.7 Å². The van der Waals surface area contributed by atoms with E-state index in [-0.39, 0.29) is 16.3 Å². The Hall–Kier alpha value is -1.67. The lowest BCUT2D eigenvalue weighted by Gasteiger charge is -2.26. The summed E-state index contributed by atoms with van der Waals surface area (Å²) < 4.78 is 2.20. The van der Waals surface area contributed by atoms with Crippen LogP contribution in [0.5, 0.6) is 0 Å². The molecule has 0 aliphatic carbocycles. The van der Waals surface area contributed by atoms with E-state index in [1.165, 1.54) is 11.1 Å². The summed E-state index contributed by atoms with van der Waals surface area (Å²) in [6.07, 6.45) is 0. The molecule has 120 valence electrons. The summed E-state index contributed by atoms with van der Waals surface area (Å²) in [7, 11) is 0. The second-order valence-electron chi connectivity index (χ2n) is 8.33. The Morgan fingerprint density at radius 2 is 1.48 bits per heavy atom. The standard InChI is InChI=1S/C21H24OS/c1-20(2,3)13-11-15-18(22)14-9-7-8-10-17(14)23-19(15)16(12-13)21(4,5)6/h7-12H,1-6H3. The van der Waals surface area contributed by atoms with E-state index in [0.717, 1.165) is 20.2 Å². The van der Waals surface area contributed by atoms with Crippen molar-refractivity contribution >= 4 is 31.5 Å². The van der Waals surface area contributed by atoms with E-state index in [1.807, 2.05) is 24.3 Å². The van der Waals surface area contributed by atoms with Gasteiger partial charge < -0.3 is 0 Å². The minimum atomic E-state index is 0.00487. The molecule has 3 rings (SSSR count). The Bertz CT molecular complexity index is 950. The van der Waals surface area contributed by atoms with Crippen molar-refractivity contribution in [2.45, 2.75) is 52.4 Å². The van der Waals surface area contributed by atoms with Crippen LogP contribution in [-0.2, 0) is 10.8 Å². The third kappa shape index (κ3) is 2.81. The maximum Gasteiger partial charge on any atom is 0.195 e. The first-order valence-corrected chi connectivity index (χ1v) is 8.91. The van der Waals surface area contributed by atoms with Crippen LogP contribution in [0, 0.1) is 0 Å². The molecule has 2 heteroatoms. The first-order chi connectivity index (χ1) is 10.6. The van der Waals surface area contributed by atoms with E-state index in [1.54, 1.807) is 11.3 Å². The second kappa shape index (κ2) is 5.17. The first-order valence-electron chi connectivity index (χ1n) is 8.09. The zero-order chi connectivity index (χ0) is 17.0. The zero-order valence-corrected chi connectivity index (χ0v) is 15.6. The van der Waals surface area contributed by atoms with Crippen molar-refractivity contribution in [3.05, 3.63) is 57.7 Å². The monoisotopic (exact) mass is 324 g/mol. The van der Waals surface area contributed by atoms with Crippen LogP contribution in [0.25, 0.3) is 20.2 Å². The van der Waals surface area contributed by atoms with Gasteiger partial charge in [0.1, 0.15) is 0 Å². The van der Waals surface area contributed by atoms with Crippen LogP contribution in [0.4, 0.5) is 0 Å². The molecular formula is C21H24OS. The smallest absolute Gasteiger partial charge is 0.195 e. The van der Waals surface area contributed by atoms with Gasteiger partial charge >= 0.3 is 0 Å². The summed E-state index contributed by atoms with van der Waals surface area (Å²) in [6, 6.07) is 12.3.